The molecule has 0 spiro atoms. The third-order valence-corrected chi connectivity index (χ3v) is 6.50. The standard InChI is InChI=1S/C27H22Cl3N5O5/c1-16-9-25(35(37)38)33-34(16)14-17-3-6-19(7-4-17)27(36)32-31-13-18-5-8-24(39-2)20(10-18)15-40-26-22(29)11-21(28)12-23(26)30/h3-13H,14-15H2,1-2H3,(H,32,36)/b31-13+. The second kappa shape index (κ2) is 12.8. The van der Waals surface area contributed by atoms with Gasteiger partial charge in [-0.15, -0.1) is 0 Å². The molecule has 0 unspecified atom stereocenters. The lowest BCUT2D eigenvalue weighted by Gasteiger charge is -2.13. The predicted molar refractivity (Wildman–Crippen MR) is 153 cm³/mol. The molecule has 40 heavy (non-hydrogen) atoms. The number of amides is 1. The van der Waals surface area contributed by atoms with E-state index in [9.17, 15) is 14.9 Å². The number of halogens is 3. The van der Waals surface area contributed by atoms with Crippen LogP contribution in [0.2, 0.25) is 15.1 Å². The molecule has 0 bridgehead atoms. The van der Waals surface area contributed by atoms with E-state index in [-0.39, 0.29) is 22.5 Å². The van der Waals surface area contributed by atoms with Gasteiger partial charge in [0.2, 0.25) is 0 Å². The van der Waals surface area contributed by atoms with E-state index in [0.29, 0.717) is 45.5 Å². The predicted octanol–water partition coefficient (Wildman–Crippen LogP) is 6.46. The fourth-order valence-electron chi connectivity index (χ4n) is 3.71. The molecule has 1 amide bonds. The van der Waals surface area contributed by atoms with Crippen molar-refractivity contribution in [3.8, 4) is 11.5 Å². The van der Waals surface area contributed by atoms with E-state index in [0.717, 1.165) is 5.56 Å². The first-order valence-corrected chi connectivity index (χ1v) is 12.8. The molecular weight excluding hydrogens is 581 g/mol. The number of aryl methyl sites for hydroxylation is 1. The van der Waals surface area contributed by atoms with Crippen LogP contribution in [0.4, 0.5) is 5.82 Å². The first-order valence-electron chi connectivity index (χ1n) is 11.7. The van der Waals surface area contributed by atoms with Crippen molar-refractivity contribution < 1.29 is 19.2 Å². The van der Waals surface area contributed by atoms with Crippen LogP contribution in [-0.4, -0.2) is 33.9 Å². The average molecular weight is 603 g/mol. The second-order valence-electron chi connectivity index (χ2n) is 8.51. The first kappa shape index (κ1) is 28.9. The number of carbonyl (C=O) groups excluding carboxylic acids is 1. The Hall–Kier alpha value is -4.12. The lowest BCUT2D eigenvalue weighted by Crippen LogP contribution is -2.17. The number of rotatable bonds is 10. The average Bonchev–Trinajstić information content (AvgIpc) is 3.28. The van der Waals surface area contributed by atoms with E-state index in [2.05, 4.69) is 15.6 Å². The largest absolute Gasteiger partial charge is 0.496 e. The molecule has 0 aliphatic heterocycles. The molecule has 3 aromatic carbocycles. The summed E-state index contributed by atoms with van der Waals surface area (Å²) in [5, 5.41) is 19.9. The highest BCUT2D eigenvalue weighted by molar-refractivity contribution is 6.40. The van der Waals surface area contributed by atoms with Crippen molar-refractivity contribution in [1.82, 2.24) is 15.2 Å². The molecule has 0 aliphatic rings. The molecule has 0 atom stereocenters. The molecule has 1 heterocycles. The van der Waals surface area contributed by atoms with Gasteiger partial charge >= 0.3 is 5.82 Å². The zero-order chi connectivity index (χ0) is 28.8. The van der Waals surface area contributed by atoms with Gasteiger partial charge in [-0.05, 0) is 65.4 Å². The van der Waals surface area contributed by atoms with Crippen molar-refractivity contribution in [3.05, 3.63) is 114 Å². The van der Waals surface area contributed by atoms with E-state index >= 15 is 0 Å². The molecule has 0 saturated heterocycles. The van der Waals surface area contributed by atoms with E-state index in [1.807, 2.05) is 0 Å². The Balaban J connectivity index is 1.38. The Bertz CT molecular complexity index is 1570. The van der Waals surface area contributed by atoms with Crippen LogP contribution in [0.3, 0.4) is 0 Å². The zero-order valence-electron chi connectivity index (χ0n) is 21.2. The minimum atomic E-state index is -0.536. The Morgan fingerprint density at radius 2 is 1.80 bits per heavy atom. The summed E-state index contributed by atoms with van der Waals surface area (Å²) in [6.45, 7) is 2.18. The maximum atomic E-state index is 12.6. The molecule has 0 saturated carbocycles. The molecule has 0 radical (unpaired) electrons. The number of nitrogens with one attached hydrogen (secondary N) is 1. The van der Waals surface area contributed by atoms with Crippen LogP contribution in [0.5, 0.6) is 11.5 Å². The van der Waals surface area contributed by atoms with Crippen molar-refractivity contribution in [2.75, 3.05) is 7.11 Å². The number of hydrazone groups is 1. The van der Waals surface area contributed by atoms with Crippen LogP contribution < -0.4 is 14.9 Å². The highest BCUT2D eigenvalue weighted by Crippen LogP contribution is 2.36. The molecule has 4 aromatic rings. The van der Waals surface area contributed by atoms with Crippen molar-refractivity contribution in [2.24, 2.45) is 5.10 Å². The molecule has 206 valence electrons. The van der Waals surface area contributed by atoms with Gasteiger partial charge in [-0.1, -0.05) is 46.9 Å². The number of benzene rings is 3. The number of carbonyl (C=O) groups is 1. The number of nitro groups is 1. The fourth-order valence-corrected chi connectivity index (χ4v) is 4.64. The maximum Gasteiger partial charge on any atom is 0.390 e. The van der Waals surface area contributed by atoms with Crippen LogP contribution in [0, 0.1) is 17.0 Å². The molecular formula is C27H22Cl3N5O5. The SMILES string of the molecule is COc1ccc(/C=N/NC(=O)c2ccc(Cn3nc([N+](=O)[O-])cc3C)cc2)cc1COc1c(Cl)cc(Cl)cc1Cl. The fraction of sp³-hybridized carbons (Fsp3) is 0.148. The van der Waals surface area contributed by atoms with E-state index < -0.39 is 10.8 Å². The van der Waals surface area contributed by atoms with E-state index in [4.69, 9.17) is 44.3 Å². The minimum absolute atomic E-state index is 0.107. The highest BCUT2D eigenvalue weighted by atomic mass is 35.5. The second-order valence-corrected chi connectivity index (χ2v) is 9.76. The van der Waals surface area contributed by atoms with Crippen LogP contribution >= 0.6 is 34.8 Å². The Kier molecular flexibility index (Phi) is 9.26. The summed E-state index contributed by atoms with van der Waals surface area (Å²) in [6.07, 6.45) is 1.49. The molecule has 0 aliphatic carbocycles. The summed E-state index contributed by atoms with van der Waals surface area (Å²) >= 11 is 18.4. The normalized spacial score (nSPS) is 11.0. The van der Waals surface area contributed by atoms with Gasteiger partial charge in [0.1, 0.15) is 12.4 Å². The van der Waals surface area contributed by atoms with Crippen molar-refractivity contribution >= 4 is 52.7 Å². The van der Waals surface area contributed by atoms with Gasteiger partial charge in [0.25, 0.3) is 5.91 Å². The quantitative estimate of drug-likeness (QED) is 0.126. The number of hydrogen-bond acceptors (Lipinski definition) is 7. The summed E-state index contributed by atoms with van der Waals surface area (Å²) in [6, 6.07) is 16.6. The lowest BCUT2D eigenvalue weighted by atomic mass is 10.1. The van der Waals surface area contributed by atoms with Gasteiger partial charge in [-0.25, -0.2) is 5.43 Å². The van der Waals surface area contributed by atoms with Gasteiger partial charge in [-0.3, -0.25) is 4.79 Å². The van der Waals surface area contributed by atoms with Crippen molar-refractivity contribution in [1.29, 1.82) is 0 Å². The van der Waals surface area contributed by atoms with Gasteiger partial charge < -0.3 is 19.6 Å². The topological polar surface area (TPSA) is 121 Å². The van der Waals surface area contributed by atoms with Crippen LogP contribution in [0.1, 0.15) is 32.7 Å². The smallest absolute Gasteiger partial charge is 0.390 e. The summed E-state index contributed by atoms with van der Waals surface area (Å²) < 4.78 is 12.8. The molecule has 10 nitrogen and oxygen atoms in total. The number of methoxy groups -OCH3 is 1. The monoisotopic (exact) mass is 601 g/mol. The molecule has 1 aromatic heterocycles. The molecule has 1 N–H and O–H groups in total. The molecule has 0 fully saturated rings. The van der Waals surface area contributed by atoms with Crippen LogP contribution in [0.25, 0.3) is 0 Å². The summed E-state index contributed by atoms with van der Waals surface area (Å²) in [7, 11) is 1.54. The minimum Gasteiger partial charge on any atom is -0.496 e. The summed E-state index contributed by atoms with van der Waals surface area (Å²) in [4.78, 5) is 22.9. The van der Waals surface area contributed by atoms with E-state index in [1.165, 1.54) is 29.1 Å². The van der Waals surface area contributed by atoms with E-state index in [1.54, 1.807) is 56.5 Å². The van der Waals surface area contributed by atoms with Crippen molar-refractivity contribution in [3.63, 3.8) is 0 Å². The third-order valence-electron chi connectivity index (χ3n) is 5.72. The van der Waals surface area contributed by atoms with Gasteiger partial charge in [-0.2, -0.15) is 9.78 Å². The summed E-state index contributed by atoms with van der Waals surface area (Å²) in [5.74, 6) is 0.270. The van der Waals surface area contributed by atoms with Crippen LogP contribution in [-0.2, 0) is 13.2 Å². The highest BCUT2D eigenvalue weighted by Gasteiger charge is 2.16. The van der Waals surface area contributed by atoms with Gasteiger partial charge in [0.05, 0.1) is 46.8 Å². The number of ether oxygens (including phenoxy) is 2. The van der Waals surface area contributed by atoms with Crippen LogP contribution in [0.15, 0.2) is 65.8 Å². The number of aromatic nitrogens is 2. The van der Waals surface area contributed by atoms with Gasteiger partial charge in [0, 0.05) is 16.1 Å². The van der Waals surface area contributed by atoms with Crippen molar-refractivity contribution in [2.45, 2.75) is 20.1 Å². The zero-order valence-corrected chi connectivity index (χ0v) is 23.5. The number of hydrogen-bond donors (Lipinski definition) is 1. The van der Waals surface area contributed by atoms with Gasteiger partial charge in [0.15, 0.2) is 5.75 Å². The number of nitrogens with zero attached hydrogens (tertiary/aromatic N) is 4. The molecule has 13 heteroatoms. The summed E-state index contributed by atoms with van der Waals surface area (Å²) in [5.41, 5.74) is 5.77. The Morgan fingerprint density at radius 3 is 2.42 bits per heavy atom. The lowest BCUT2D eigenvalue weighted by molar-refractivity contribution is -0.389. The first-order chi connectivity index (χ1) is 19.1. The molecule has 4 rings (SSSR count). The Labute approximate surface area is 244 Å². The third kappa shape index (κ3) is 7.09. The Morgan fingerprint density at radius 1 is 1.10 bits per heavy atom. The maximum absolute atomic E-state index is 12.6.